The average Bonchev–Trinajstić information content (AvgIpc) is 2.25. The van der Waals surface area contributed by atoms with Crippen molar-refractivity contribution in [2.45, 2.75) is 20.1 Å². The van der Waals surface area contributed by atoms with Crippen molar-refractivity contribution < 1.29 is 24.8 Å². The molecule has 0 atom stereocenters. The van der Waals surface area contributed by atoms with Gasteiger partial charge in [-0.15, -0.1) is 0 Å². The van der Waals surface area contributed by atoms with Gasteiger partial charge in [0.2, 0.25) is 0 Å². The highest BCUT2D eigenvalue weighted by molar-refractivity contribution is 5.52. The van der Waals surface area contributed by atoms with Crippen molar-refractivity contribution in [1.82, 2.24) is 0 Å². The Morgan fingerprint density at radius 1 is 1.00 bits per heavy atom. The van der Waals surface area contributed by atoms with Crippen LogP contribution in [0, 0.1) is 0 Å². The van der Waals surface area contributed by atoms with Gasteiger partial charge in [0.25, 0.3) is 0 Å². The second kappa shape index (κ2) is 5.58. The van der Waals surface area contributed by atoms with Crippen molar-refractivity contribution in [1.29, 1.82) is 0 Å². The third-order valence-electron chi connectivity index (χ3n) is 2.04. The number of rotatable bonds is 5. The van der Waals surface area contributed by atoms with Crippen LogP contribution in [0.5, 0.6) is 17.2 Å². The first kappa shape index (κ1) is 12.6. The first-order valence-corrected chi connectivity index (χ1v) is 5.08. The average molecular weight is 228 g/mol. The maximum Gasteiger partial charge on any atom is 0.191 e. The Hall–Kier alpha value is -1.46. The number of benzene rings is 1. The van der Waals surface area contributed by atoms with Crippen molar-refractivity contribution >= 4 is 0 Å². The molecule has 0 saturated carbocycles. The Kier molecular flexibility index (Phi) is 4.39. The standard InChI is InChI=1S/C11H16O5/c1-3-15-11(16-4-2)9-7(12)5-6-8(13)10(9)14/h5-6,11-14H,3-4H2,1-2H3. The molecule has 0 fully saturated rings. The molecule has 0 heterocycles. The van der Waals surface area contributed by atoms with Gasteiger partial charge in [0.05, 0.1) is 5.56 Å². The SMILES string of the molecule is CCOC(OCC)c1c(O)ccc(O)c1O. The van der Waals surface area contributed by atoms with Crippen LogP contribution in [0.2, 0.25) is 0 Å². The molecule has 0 aliphatic heterocycles. The van der Waals surface area contributed by atoms with Crippen LogP contribution in [0.1, 0.15) is 25.7 Å². The van der Waals surface area contributed by atoms with Crippen LogP contribution in [0.4, 0.5) is 0 Å². The predicted molar refractivity (Wildman–Crippen MR) is 57.4 cm³/mol. The highest BCUT2D eigenvalue weighted by atomic mass is 16.7. The van der Waals surface area contributed by atoms with Crippen LogP contribution < -0.4 is 0 Å². The van der Waals surface area contributed by atoms with Gasteiger partial charge in [-0.1, -0.05) is 0 Å². The monoisotopic (exact) mass is 228 g/mol. The molecule has 0 radical (unpaired) electrons. The van der Waals surface area contributed by atoms with E-state index in [1.807, 2.05) is 0 Å². The second-order valence-corrected chi connectivity index (χ2v) is 3.11. The van der Waals surface area contributed by atoms with Crippen molar-refractivity contribution in [2.24, 2.45) is 0 Å². The number of aromatic hydroxyl groups is 3. The first-order valence-electron chi connectivity index (χ1n) is 5.08. The van der Waals surface area contributed by atoms with Crippen LogP contribution in [0.15, 0.2) is 12.1 Å². The molecule has 0 spiro atoms. The molecular formula is C11H16O5. The summed E-state index contributed by atoms with van der Waals surface area (Å²) in [6.45, 7) is 4.25. The molecule has 16 heavy (non-hydrogen) atoms. The fourth-order valence-corrected chi connectivity index (χ4v) is 1.34. The summed E-state index contributed by atoms with van der Waals surface area (Å²) in [6, 6.07) is 2.47. The zero-order chi connectivity index (χ0) is 12.1. The van der Waals surface area contributed by atoms with Gasteiger partial charge in [-0.2, -0.15) is 0 Å². The summed E-state index contributed by atoms with van der Waals surface area (Å²) in [5.74, 6) is -0.925. The topological polar surface area (TPSA) is 79.2 Å². The van der Waals surface area contributed by atoms with Gasteiger partial charge >= 0.3 is 0 Å². The maximum atomic E-state index is 9.63. The van der Waals surface area contributed by atoms with E-state index < -0.39 is 12.0 Å². The molecule has 1 aromatic rings. The van der Waals surface area contributed by atoms with E-state index in [1.165, 1.54) is 12.1 Å². The quantitative estimate of drug-likeness (QED) is 0.407. The summed E-state index contributed by atoms with van der Waals surface area (Å²) < 4.78 is 10.5. The van der Waals surface area contributed by atoms with Gasteiger partial charge < -0.3 is 24.8 Å². The Morgan fingerprint density at radius 3 is 2.00 bits per heavy atom. The molecule has 1 aromatic carbocycles. The second-order valence-electron chi connectivity index (χ2n) is 3.11. The molecule has 5 heteroatoms. The molecule has 5 nitrogen and oxygen atoms in total. The van der Waals surface area contributed by atoms with Crippen LogP contribution in [0.3, 0.4) is 0 Å². The molecule has 0 bridgehead atoms. The van der Waals surface area contributed by atoms with Crippen LogP contribution in [-0.4, -0.2) is 28.5 Å². The van der Waals surface area contributed by atoms with E-state index in [0.717, 1.165) is 0 Å². The van der Waals surface area contributed by atoms with Crippen LogP contribution >= 0.6 is 0 Å². The van der Waals surface area contributed by atoms with E-state index in [1.54, 1.807) is 13.8 Å². The molecule has 0 aromatic heterocycles. The van der Waals surface area contributed by atoms with E-state index in [9.17, 15) is 15.3 Å². The fourth-order valence-electron chi connectivity index (χ4n) is 1.34. The van der Waals surface area contributed by atoms with Gasteiger partial charge in [-0.25, -0.2) is 0 Å². The van der Waals surface area contributed by atoms with Crippen molar-refractivity contribution in [3.63, 3.8) is 0 Å². The molecule has 0 saturated heterocycles. The molecule has 0 aliphatic rings. The van der Waals surface area contributed by atoms with E-state index in [0.29, 0.717) is 13.2 Å². The lowest BCUT2D eigenvalue weighted by molar-refractivity contribution is -0.142. The minimum Gasteiger partial charge on any atom is -0.507 e. The molecule has 3 N–H and O–H groups in total. The largest absolute Gasteiger partial charge is 0.507 e. The van der Waals surface area contributed by atoms with Crippen LogP contribution in [-0.2, 0) is 9.47 Å². The fraction of sp³-hybridized carbons (Fsp3) is 0.455. The zero-order valence-electron chi connectivity index (χ0n) is 9.30. The Balaban J connectivity index is 3.11. The minimum absolute atomic E-state index is 0.0451. The summed E-state index contributed by atoms with van der Waals surface area (Å²) >= 11 is 0. The summed E-state index contributed by atoms with van der Waals surface area (Å²) in [4.78, 5) is 0. The first-order chi connectivity index (χ1) is 7.61. The predicted octanol–water partition coefficient (Wildman–Crippen LogP) is 1.88. The summed E-state index contributed by atoms with van der Waals surface area (Å²) in [5.41, 5.74) is 0.0451. The van der Waals surface area contributed by atoms with Gasteiger partial charge in [-0.3, -0.25) is 0 Å². The van der Waals surface area contributed by atoms with Gasteiger partial charge in [0, 0.05) is 13.2 Å². The zero-order valence-corrected chi connectivity index (χ0v) is 9.30. The maximum absolute atomic E-state index is 9.63. The van der Waals surface area contributed by atoms with Gasteiger partial charge in [0.15, 0.2) is 17.8 Å². The number of ether oxygens (including phenoxy) is 2. The van der Waals surface area contributed by atoms with Crippen molar-refractivity contribution in [2.75, 3.05) is 13.2 Å². The number of hydrogen-bond donors (Lipinski definition) is 3. The van der Waals surface area contributed by atoms with E-state index in [4.69, 9.17) is 9.47 Å². The Labute approximate surface area is 93.9 Å². The third kappa shape index (κ3) is 2.56. The molecule has 0 aliphatic carbocycles. The minimum atomic E-state index is -0.887. The third-order valence-corrected chi connectivity index (χ3v) is 2.04. The number of phenols is 3. The molecule has 90 valence electrons. The van der Waals surface area contributed by atoms with E-state index in [-0.39, 0.29) is 17.1 Å². The number of phenolic OH excluding ortho intramolecular Hbond substituents is 3. The van der Waals surface area contributed by atoms with E-state index >= 15 is 0 Å². The Morgan fingerprint density at radius 2 is 1.50 bits per heavy atom. The molecule has 1 rings (SSSR count). The normalized spacial score (nSPS) is 10.9. The van der Waals surface area contributed by atoms with Crippen LogP contribution in [0.25, 0.3) is 0 Å². The summed E-state index contributed by atoms with van der Waals surface area (Å²) in [7, 11) is 0. The number of hydrogen-bond acceptors (Lipinski definition) is 5. The van der Waals surface area contributed by atoms with Gasteiger partial charge in [-0.05, 0) is 26.0 Å². The van der Waals surface area contributed by atoms with Gasteiger partial charge in [0.1, 0.15) is 5.75 Å². The molecular weight excluding hydrogens is 212 g/mol. The smallest absolute Gasteiger partial charge is 0.191 e. The summed E-state index contributed by atoms with van der Waals surface area (Å²) in [5, 5.41) is 28.6. The highest BCUT2D eigenvalue weighted by Crippen LogP contribution is 2.40. The van der Waals surface area contributed by atoms with E-state index in [2.05, 4.69) is 0 Å². The van der Waals surface area contributed by atoms with Crippen molar-refractivity contribution in [3.05, 3.63) is 17.7 Å². The van der Waals surface area contributed by atoms with Crippen molar-refractivity contribution in [3.8, 4) is 17.2 Å². The lowest BCUT2D eigenvalue weighted by Gasteiger charge is -2.19. The summed E-state index contributed by atoms with van der Waals surface area (Å²) in [6.07, 6.45) is -0.887. The Bertz CT molecular complexity index is 344. The highest BCUT2D eigenvalue weighted by Gasteiger charge is 2.22. The molecule has 0 unspecified atom stereocenters. The lowest BCUT2D eigenvalue weighted by atomic mass is 10.1. The molecule has 0 amide bonds. The lowest BCUT2D eigenvalue weighted by Crippen LogP contribution is -2.09.